The van der Waals surface area contributed by atoms with E-state index in [1.54, 1.807) is 26.1 Å². The lowest BCUT2D eigenvalue weighted by molar-refractivity contribution is -0.116. The SMILES string of the molecule is CNCCC(=O)Nc1ccc(C)cc1F. The molecule has 1 aromatic rings. The molecule has 2 N–H and O–H groups in total. The van der Waals surface area contributed by atoms with Gasteiger partial charge in [0.1, 0.15) is 5.82 Å². The molecule has 0 aromatic heterocycles. The van der Waals surface area contributed by atoms with Crippen molar-refractivity contribution in [2.45, 2.75) is 13.3 Å². The van der Waals surface area contributed by atoms with E-state index in [4.69, 9.17) is 0 Å². The number of hydrogen-bond donors (Lipinski definition) is 2. The largest absolute Gasteiger partial charge is 0.324 e. The van der Waals surface area contributed by atoms with Crippen LogP contribution in [-0.4, -0.2) is 19.5 Å². The fourth-order valence-corrected chi connectivity index (χ4v) is 1.17. The predicted molar refractivity (Wildman–Crippen MR) is 58.3 cm³/mol. The van der Waals surface area contributed by atoms with Gasteiger partial charge >= 0.3 is 0 Å². The van der Waals surface area contributed by atoms with Crippen LogP contribution in [0.3, 0.4) is 0 Å². The number of amides is 1. The smallest absolute Gasteiger partial charge is 0.225 e. The van der Waals surface area contributed by atoms with Crippen LogP contribution in [0.5, 0.6) is 0 Å². The molecule has 0 heterocycles. The van der Waals surface area contributed by atoms with Crippen molar-refractivity contribution >= 4 is 11.6 Å². The van der Waals surface area contributed by atoms with E-state index in [2.05, 4.69) is 10.6 Å². The van der Waals surface area contributed by atoms with Crippen molar-refractivity contribution < 1.29 is 9.18 Å². The van der Waals surface area contributed by atoms with E-state index in [1.807, 2.05) is 0 Å². The van der Waals surface area contributed by atoms with Crippen LogP contribution in [0, 0.1) is 12.7 Å². The second-order valence-corrected chi connectivity index (χ2v) is 3.39. The number of anilines is 1. The maximum absolute atomic E-state index is 13.3. The van der Waals surface area contributed by atoms with Crippen molar-refractivity contribution in [3.63, 3.8) is 0 Å². The Balaban J connectivity index is 2.60. The summed E-state index contributed by atoms with van der Waals surface area (Å²) in [5.41, 5.74) is 1.07. The van der Waals surface area contributed by atoms with Crippen LogP contribution < -0.4 is 10.6 Å². The number of carbonyl (C=O) groups excluding carboxylic acids is 1. The molecule has 82 valence electrons. The highest BCUT2D eigenvalue weighted by Gasteiger charge is 2.05. The van der Waals surface area contributed by atoms with Gasteiger partial charge in [0.2, 0.25) is 5.91 Å². The van der Waals surface area contributed by atoms with Crippen molar-refractivity contribution in [2.75, 3.05) is 18.9 Å². The van der Waals surface area contributed by atoms with E-state index in [1.165, 1.54) is 6.07 Å². The van der Waals surface area contributed by atoms with Crippen molar-refractivity contribution in [1.29, 1.82) is 0 Å². The monoisotopic (exact) mass is 210 g/mol. The molecule has 1 aromatic carbocycles. The molecule has 0 radical (unpaired) electrons. The van der Waals surface area contributed by atoms with Gasteiger partial charge in [0.15, 0.2) is 0 Å². The average Bonchev–Trinajstić information content (AvgIpc) is 2.19. The van der Waals surface area contributed by atoms with E-state index in [-0.39, 0.29) is 11.6 Å². The predicted octanol–water partition coefficient (Wildman–Crippen LogP) is 1.68. The Morgan fingerprint density at radius 1 is 1.47 bits per heavy atom. The lowest BCUT2D eigenvalue weighted by atomic mass is 10.2. The van der Waals surface area contributed by atoms with Crippen LogP contribution in [-0.2, 0) is 4.79 Å². The van der Waals surface area contributed by atoms with Gasteiger partial charge in [-0.25, -0.2) is 4.39 Å². The highest BCUT2D eigenvalue weighted by Crippen LogP contribution is 2.15. The Bertz CT molecular complexity index is 352. The Morgan fingerprint density at radius 3 is 2.80 bits per heavy atom. The van der Waals surface area contributed by atoms with Crippen molar-refractivity contribution in [1.82, 2.24) is 5.32 Å². The molecule has 0 atom stereocenters. The molecule has 0 bridgehead atoms. The van der Waals surface area contributed by atoms with Crippen LogP contribution in [0.1, 0.15) is 12.0 Å². The highest BCUT2D eigenvalue weighted by atomic mass is 19.1. The molecule has 0 aliphatic heterocycles. The molecule has 15 heavy (non-hydrogen) atoms. The van der Waals surface area contributed by atoms with Gasteiger partial charge in [-0.2, -0.15) is 0 Å². The Hall–Kier alpha value is -1.42. The fraction of sp³-hybridized carbons (Fsp3) is 0.364. The van der Waals surface area contributed by atoms with E-state index < -0.39 is 5.82 Å². The third kappa shape index (κ3) is 3.67. The van der Waals surface area contributed by atoms with Gasteiger partial charge in [-0.3, -0.25) is 4.79 Å². The van der Waals surface area contributed by atoms with E-state index in [9.17, 15) is 9.18 Å². The normalized spacial score (nSPS) is 10.1. The summed E-state index contributed by atoms with van der Waals surface area (Å²) in [5, 5.41) is 5.37. The Labute approximate surface area is 88.7 Å². The van der Waals surface area contributed by atoms with E-state index >= 15 is 0 Å². The summed E-state index contributed by atoms with van der Waals surface area (Å²) in [4.78, 5) is 11.3. The summed E-state index contributed by atoms with van der Waals surface area (Å²) < 4.78 is 13.3. The maximum Gasteiger partial charge on any atom is 0.225 e. The average molecular weight is 210 g/mol. The van der Waals surface area contributed by atoms with Crippen molar-refractivity contribution in [3.8, 4) is 0 Å². The number of hydrogen-bond acceptors (Lipinski definition) is 2. The van der Waals surface area contributed by atoms with Crippen LogP contribution in [0.25, 0.3) is 0 Å². The second-order valence-electron chi connectivity index (χ2n) is 3.39. The van der Waals surface area contributed by atoms with Crippen LogP contribution >= 0.6 is 0 Å². The summed E-state index contributed by atoms with van der Waals surface area (Å²) in [5.74, 6) is -0.583. The van der Waals surface area contributed by atoms with Crippen LogP contribution in [0.4, 0.5) is 10.1 Å². The molecule has 0 aliphatic carbocycles. The lowest BCUT2D eigenvalue weighted by Gasteiger charge is -2.06. The standard InChI is InChI=1S/C11H15FN2O/c1-8-3-4-10(9(12)7-8)14-11(15)5-6-13-2/h3-4,7,13H,5-6H2,1-2H3,(H,14,15). The minimum atomic E-state index is -0.396. The van der Waals surface area contributed by atoms with Crippen LogP contribution in [0.15, 0.2) is 18.2 Å². The molecular weight excluding hydrogens is 195 g/mol. The number of aryl methyl sites for hydroxylation is 1. The minimum absolute atomic E-state index is 0.188. The topological polar surface area (TPSA) is 41.1 Å². The van der Waals surface area contributed by atoms with Gasteiger partial charge in [-0.1, -0.05) is 6.07 Å². The van der Waals surface area contributed by atoms with Crippen molar-refractivity contribution in [2.24, 2.45) is 0 Å². The Kier molecular flexibility index (Phi) is 4.24. The number of rotatable bonds is 4. The first-order valence-corrected chi connectivity index (χ1v) is 4.84. The molecule has 0 saturated heterocycles. The second kappa shape index (κ2) is 5.46. The quantitative estimate of drug-likeness (QED) is 0.794. The molecule has 0 fully saturated rings. The molecule has 1 amide bonds. The fourth-order valence-electron chi connectivity index (χ4n) is 1.17. The number of carbonyl (C=O) groups is 1. The summed E-state index contributed by atoms with van der Waals surface area (Å²) in [7, 11) is 1.76. The van der Waals surface area contributed by atoms with Gasteiger partial charge < -0.3 is 10.6 Å². The molecule has 3 nitrogen and oxygen atoms in total. The molecule has 0 aliphatic rings. The molecule has 0 saturated carbocycles. The zero-order chi connectivity index (χ0) is 11.3. The van der Waals surface area contributed by atoms with E-state index in [0.29, 0.717) is 13.0 Å². The molecule has 1 rings (SSSR count). The summed E-state index contributed by atoms with van der Waals surface area (Å²) in [6.45, 7) is 2.38. The highest BCUT2D eigenvalue weighted by molar-refractivity contribution is 5.90. The van der Waals surface area contributed by atoms with Gasteiger partial charge in [0.05, 0.1) is 5.69 Å². The molecule has 0 unspecified atom stereocenters. The summed E-state index contributed by atoms with van der Waals surface area (Å²) in [6, 6.07) is 4.73. The number of halogens is 1. The lowest BCUT2D eigenvalue weighted by Crippen LogP contribution is -2.19. The third-order valence-electron chi connectivity index (χ3n) is 2.00. The molecular formula is C11H15FN2O. The molecule has 4 heteroatoms. The van der Waals surface area contributed by atoms with Crippen molar-refractivity contribution in [3.05, 3.63) is 29.6 Å². The first kappa shape index (κ1) is 11.7. The zero-order valence-electron chi connectivity index (χ0n) is 8.93. The number of benzene rings is 1. The minimum Gasteiger partial charge on any atom is -0.324 e. The van der Waals surface area contributed by atoms with Gasteiger partial charge in [0, 0.05) is 13.0 Å². The summed E-state index contributed by atoms with van der Waals surface area (Å²) >= 11 is 0. The third-order valence-corrected chi connectivity index (χ3v) is 2.00. The maximum atomic E-state index is 13.3. The Morgan fingerprint density at radius 2 is 2.20 bits per heavy atom. The van der Waals surface area contributed by atoms with Crippen LogP contribution in [0.2, 0.25) is 0 Å². The van der Waals surface area contributed by atoms with Gasteiger partial charge in [-0.15, -0.1) is 0 Å². The zero-order valence-corrected chi connectivity index (χ0v) is 8.93. The summed E-state index contributed by atoms with van der Waals surface area (Å²) in [6.07, 6.45) is 0.337. The first-order valence-electron chi connectivity index (χ1n) is 4.84. The van der Waals surface area contributed by atoms with Gasteiger partial charge in [-0.05, 0) is 31.7 Å². The number of nitrogens with one attached hydrogen (secondary N) is 2. The molecule has 0 spiro atoms. The first-order chi connectivity index (χ1) is 7.13. The van der Waals surface area contributed by atoms with E-state index in [0.717, 1.165) is 5.56 Å². The van der Waals surface area contributed by atoms with Gasteiger partial charge in [0.25, 0.3) is 0 Å².